The fourth-order valence-electron chi connectivity index (χ4n) is 1.33. The van der Waals surface area contributed by atoms with Crippen LogP contribution < -0.4 is 0 Å². The number of hydrogen-bond acceptors (Lipinski definition) is 3. The molecule has 1 atom stereocenters. The van der Waals surface area contributed by atoms with E-state index in [4.69, 9.17) is 4.74 Å². The summed E-state index contributed by atoms with van der Waals surface area (Å²) in [5, 5.41) is -0.649. The molecule has 0 heterocycles. The zero-order valence-corrected chi connectivity index (χ0v) is 10.1. The first-order chi connectivity index (χ1) is 7.50. The van der Waals surface area contributed by atoms with Crippen molar-refractivity contribution >= 4 is 9.84 Å². The zero-order chi connectivity index (χ0) is 12.2. The summed E-state index contributed by atoms with van der Waals surface area (Å²) in [5.41, 5.74) is 0. The van der Waals surface area contributed by atoms with Crippen molar-refractivity contribution < 1.29 is 17.5 Å². The van der Waals surface area contributed by atoms with Crippen LogP contribution >= 0.6 is 0 Å². The van der Waals surface area contributed by atoms with Gasteiger partial charge in [0, 0.05) is 13.7 Å². The molecule has 0 radical (unpaired) electrons. The van der Waals surface area contributed by atoms with E-state index >= 15 is 0 Å². The maximum atomic E-state index is 13.4. The van der Waals surface area contributed by atoms with Gasteiger partial charge in [0.25, 0.3) is 0 Å². The van der Waals surface area contributed by atoms with E-state index in [1.165, 1.54) is 25.3 Å². The molecule has 1 unspecified atom stereocenters. The fraction of sp³-hybridized carbons (Fsp3) is 0.455. The summed E-state index contributed by atoms with van der Waals surface area (Å²) in [4.78, 5) is -0.237. The van der Waals surface area contributed by atoms with Crippen molar-refractivity contribution in [3.05, 3.63) is 30.1 Å². The maximum Gasteiger partial charge on any atom is 0.183 e. The third-order valence-electron chi connectivity index (χ3n) is 2.40. The molecule has 3 nitrogen and oxygen atoms in total. The molecule has 0 aliphatic rings. The molecule has 0 aliphatic carbocycles. The predicted octanol–water partition coefficient (Wildman–Crippen LogP) is 2.02. The second kappa shape index (κ2) is 5.41. The first-order valence-corrected chi connectivity index (χ1v) is 6.52. The minimum absolute atomic E-state index is 0.237. The summed E-state index contributed by atoms with van der Waals surface area (Å²) in [7, 11) is -2.09. The highest BCUT2D eigenvalue weighted by Crippen LogP contribution is 2.20. The number of hydrogen-bond donors (Lipinski definition) is 0. The van der Waals surface area contributed by atoms with E-state index in [0.717, 1.165) is 6.07 Å². The molecule has 0 bridgehead atoms. The fourth-order valence-corrected chi connectivity index (χ4v) is 2.78. The number of sulfone groups is 1. The molecule has 5 heteroatoms. The summed E-state index contributed by atoms with van der Waals surface area (Å²) in [6, 6.07) is 5.41. The maximum absolute atomic E-state index is 13.4. The Morgan fingerprint density at radius 3 is 2.56 bits per heavy atom. The van der Waals surface area contributed by atoms with Crippen LogP contribution in [-0.2, 0) is 14.6 Å². The van der Waals surface area contributed by atoms with Crippen molar-refractivity contribution in [3.8, 4) is 0 Å². The van der Waals surface area contributed by atoms with Crippen LogP contribution in [0.3, 0.4) is 0 Å². The lowest BCUT2D eigenvalue weighted by Crippen LogP contribution is -2.20. The lowest BCUT2D eigenvalue weighted by molar-refractivity contribution is 0.194. The van der Waals surface area contributed by atoms with Crippen LogP contribution in [0.5, 0.6) is 0 Å². The van der Waals surface area contributed by atoms with Gasteiger partial charge >= 0.3 is 0 Å². The van der Waals surface area contributed by atoms with Gasteiger partial charge in [-0.1, -0.05) is 12.1 Å². The van der Waals surface area contributed by atoms with Gasteiger partial charge < -0.3 is 4.74 Å². The Kier molecular flexibility index (Phi) is 4.44. The van der Waals surface area contributed by atoms with Crippen molar-refractivity contribution in [2.45, 2.75) is 23.5 Å². The first-order valence-electron chi connectivity index (χ1n) is 4.97. The van der Waals surface area contributed by atoms with Gasteiger partial charge in [0.1, 0.15) is 10.7 Å². The number of rotatable bonds is 5. The van der Waals surface area contributed by atoms with Gasteiger partial charge in [-0.05, 0) is 25.5 Å². The summed E-state index contributed by atoms with van der Waals surface area (Å²) in [5.74, 6) is -0.702. The van der Waals surface area contributed by atoms with Gasteiger partial charge in [0.05, 0.1) is 5.25 Å². The standard InChI is InChI=1S/C11H15FO3S/c1-9(7-8-15-2)16(13,14)11-6-4-3-5-10(11)12/h3-6,9H,7-8H2,1-2H3. The second-order valence-electron chi connectivity index (χ2n) is 3.57. The molecule has 0 saturated heterocycles. The summed E-state index contributed by atoms with van der Waals surface area (Å²) in [6.45, 7) is 1.90. The van der Waals surface area contributed by atoms with Crippen LogP contribution in [0.1, 0.15) is 13.3 Å². The van der Waals surface area contributed by atoms with Gasteiger partial charge in [-0.15, -0.1) is 0 Å². The van der Waals surface area contributed by atoms with Gasteiger partial charge in [-0.25, -0.2) is 12.8 Å². The number of ether oxygens (including phenoxy) is 1. The Morgan fingerprint density at radius 1 is 1.38 bits per heavy atom. The molecule has 0 amide bonds. The van der Waals surface area contributed by atoms with E-state index < -0.39 is 20.9 Å². The van der Waals surface area contributed by atoms with Crippen molar-refractivity contribution in [2.24, 2.45) is 0 Å². The monoisotopic (exact) mass is 246 g/mol. The largest absolute Gasteiger partial charge is 0.385 e. The number of methoxy groups -OCH3 is 1. The van der Waals surface area contributed by atoms with Crippen LogP contribution in [0.25, 0.3) is 0 Å². The Labute approximate surface area is 95.2 Å². The van der Waals surface area contributed by atoms with Crippen molar-refractivity contribution in [2.75, 3.05) is 13.7 Å². The third-order valence-corrected chi connectivity index (χ3v) is 4.64. The van der Waals surface area contributed by atoms with E-state index in [0.29, 0.717) is 13.0 Å². The molecule has 1 rings (SSSR count). The molecule has 16 heavy (non-hydrogen) atoms. The van der Waals surface area contributed by atoms with E-state index in [1.54, 1.807) is 6.92 Å². The zero-order valence-electron chi connectivity index (χ0n) is 9.31. The smallest absolute Gasteiger partial charge is 0.183 e. The molecule has 90 valence electrons. The Hall–Kier alpha value is -0.940. The molecular formula is C11H15FO3S. The Bertz CT molecular complexity index is 442. The lowest BCUT2D eigenvalue weighted by Gasteiger charge is -2.12. The molecule has 0 fully saturated rings. The molecular weight excluding hydrogens is 231 g/mol. The van der Waals surface area contributed by atoms with E-state index in [9.17, 15) is 12.8 Å². The van der Waals surface area contributed by atoms with Crippen molar-refractivity contribution in [3.63, 3.8) is 0 Å². The van der Waals surface area contributed by atoms with Gasteiger partial charge in [-0.3, -0.25) is 0 Å². The Balaban J connectivity index is 2.98. The molecule has 0 N–H and O–H groups in total. The number of halogens is 1. The normalized spacial score (nSPS) is 13.7. The van der Waals surface area contributed by atoms with E-state index in [-0.39, 0.29) is 4.90 Å². The van der Waals surface area contributed by atoms with Gasteiger partial charge in [-0.2, -0.15) is 0 Å². The SMILES string of the molecule is COCCC(C)S(=O)(=O)c1ccccc1F. The lowest BCUT2D eigenvalue weighted by atomic mass is 10.3. The Morgan fingerprint density at radius 2 is 2.00 bits per heavy atom. The topological polar surface area (TPSA) is 43.4 Å². The van der Waals surface area contributed by atoms with Crippen LogP contribution in [0.4, 0.5) is 4.39 Å². The summed E-state index contributed by atoms with van der Waals surface area (Å²) >= 11 is 0. The highest BCUT2D eigenvalue weighted by molar-refractivity contribution is 7.92. The molecule has 1 aromatic carbocycles. The summed E-state index contributed by atoms with van der Waals surface area (Å²) < 4.78 is 42.1. The highest BCUT2D eigenvalue weighted by atomic mass is 32.2. The van der Waals surface area contributed by atoms with Crippen LogP contribution in [0.15, 0.2) is 29.2 Å². The third kappa shape index (κ3) is 2.80. The predicted molar refractivity (Wildman–Crippen MR) is 59.5 cm³/mol. The van der Waals surface area contributed by atoms with Crippen molar-refractivity contribution in [1.29, 1.82) is 0 Å². The number of benzene rings is 1. The second-order valence-corrected chi connectivity index (χ2v) is 5.90. The molecule has 0 spiro atoms. The quantitative estimate of drug-likeness (QED) is 0.798. The van der Waals surface area contributed by atoms with E-state index in [1.807, 2.05) is 0 Å². The van der Waals surface area contributed by atoms with Gasteiger partial charge in [0.15, 0.2) is 9.84 Å². The molecule has 0 saturated carbocycles. The average molecular weight is 246 g/mol. The van der Waals surface area contributed by atoms with Crippen LogP contribution in [0, 0.1) is 5.82 Å². The molecule has 0 aromatic heterocycles. The molecule has 0 aliphatic heterocycles. The summed E-state index contributed by atoms with van der Waals surface area (Å²) in [6.07, 6.45) is 0.354. The minimum atomic E-state index is -3.60. The first kappa shape index (κ1) is 13.1. The highest BCUT2D eigenvalue weighted by Gasteiger charge is 2.25. The van der Waals surface area contributed by atoms with Gasteiger partial charge in [0.2, 0.25) is 0 Å². The van der Waals surface area contributed by atoms with Crippen LogP contribution in [-0.4, -0.2) is 27.4 Å². The van der Waals surface area contributed by atoms with Crippen LogP contribution in [0.2, 0.25) is 0 Å². The van der Waals surface area contributed by atoms with Crippen molar-refractivity contribution in [1.82, 2.24) is 0 Å². The molecule has 1 aromatic rings. The van der Waals surface area contributed by atoms with E-state index in [2.05, 4.69) is 0 Å². The average Bonchev–Trinajstić information content (AvgIpc) is 2.26. The minimum Gasteiger partial charge on any atom is -0.385 e.